The molecule has 0 bridgehead atoms. The van der Waals surface area contributed by atoms with Crippen molar-refractivity contribution in [2.75, 3.05) is 12.4 Å². The summed E-state index contributed by atoms with van der Waals surface area (Å²) in [6.45, 7) is 0. The maximum atomic E-state index is 12.9. The van der Waals surface area contributed by atoms with Gasteiger partial charge in [-0.1, -0.05) is 36.4 Å². The van der Waals surface area contributed by atoms with Gasteiger partial charge in [0, 0.05) is 20.4 Å². The Labute approximate surface area is 182 Å². The third kappa shape index (κ3) is 5.68. The lowest BCUT2D eigenvalue weighted by Crippen LogP contribution is -2.30. The molecule has 0 radical (unpaired) electrons. The number of anilines is 1. The first-order chi connectivity index (χ1) is 14.1. The molecule has 29 heavy (non-hydrogen) atoms. The average molecular weight is 498 g/mol. The molecule has 2 N–H and O–H groups in total. The number of carbonyl (C=O) groups is 2. The SMILES string of the molecule is COc1ccccc1/C=C(/NC(=O)c1ccccc1)C(=O)Nc1ccc(I)cc1. The minimum absolute atomic E-state index is 0.113. The van der Waals surface area contributed by atoms with Crippen LogP contribution >= 0.6 is 22.6 Å². The molecule has 0 aliphatic heterocycles. The molecule has 3 rings (SSSR count). The second-order valence-electron chi connectivity index (χ2n) is 6.08. The van der Waals surface area contributed by atoms with E-state index in [-0.39, 0.29) is 11.6 Å². The largest absolute Gasteiger partial charge is 0.496 e. The highest BCUT2D eigenvalue weighted by atomic mass is 127. The van der Waals surface area contributed by atoms with Crippen molar-refractivity contribution in [2.45, 2.75) is 0 Å². The molecule has 0 aliphatic carbocycles. The number of carbonyl (C=O) groups excluding carboxylic acids is 2. The number of hydrogen-bond acceptors (Lipinski definition) is 3. The van der Waals surface area contributed by atoms with Crippen molar-refractivity contribution in [1.82, 2.24) is 5.32 Å². The zero-order valence-electron chi connectivity index (χ0n) is 15.7. The molecule has 5 nitrogen and oxygen atoms in total. The molecule has 2 amide bonds. The molecular formula is C23H19IN2O3. The summed E-state index contributed by atoms with van der Waals surface area (Å²) in [6.07, 6.45) is 1.60. The summed E-state index contributed by atoms with van der Waals surface area (Å²) in [5.74, 6) is -0.202. The molecule has 0 saturated carbocycles. The van der Waals surface area contributed by atoms with E-state index in [0.717, 1.165) is 3.57 Å². The van der Waals surface area contributed by atoms with Crippen LogP contribution in [-0.2, 0) is 4.79 Å². The van der Waals surface area contributed by atoms with Gasteiger partial charge in [0.05, 0.1) is 7.11 Å². The summed E-state index contributed by atoms with van der Waals surface area (Å²) in [5.41, 5.74) is 1.88. The number of rotatable bonds is 6. The zero-order chi connectivity index (χ0) is 20.6. The maximum absolute atomic E-state index is 12.9. The van der Waals surface area contributed by atoms with Gasteiger partial charge in [0.1, 0.15) is 11.4 Å². The average Bonchev–Trinajstić information content (AvgIpc) is 2.75. The van der Waals surface area contributed by atoms with Gasteiger partial charge in [-0.2, -0.15) is 0 Å². The fourth-order valence-electron chi connectivity index (χ4n) is 2.62. The van der Waals surface area contributed by atoms with Crippen molar-refractivity contribution >= 4 is 46.2 Å². The van der Waals surface area contributed by atoms with Gasteiger partial charge in [-0.3, -0.25) is 9.59 Å². The van der Waals surface area contributed by atoms with Crippen LogP contribution in [-0.4, -0.2) is 18.9 Å². The Morgan fingerprint density at radius 2 is 1.55 bits per heavy atom. The molecule has 146 valence electrons. The summed E-state index contributed by atoms with van der Waals surface area (Å²) >= 11 is 2.19. The Morgan fingerprint density at radius 1 is 0.897 bits per heavy atom. The fraction of sp³-hybridized carbons (Fsp3) is 0.0435. The molecule has 0 fully saturated rings. The predicted molar refractivity (Wildman–Crippen MR) is 123 cm³/mol. The van der Waals surface area contributed by atoms with Crippen LogP contribution in [0.15, 0.2) is 84.6 Å². The van der Waals surface area contributed by atoms with Gasteiger partial charge in [0.2, 0.25) is 0 Å². The molecule has 6 heteroatoms. The highest BCUT2D eigenvalue weighted by Crippen LogP contribution is 2.21. The van der Waals surface area contributed by atoms with Crippen LogP contribution in [0, 0.1) is 3.57 Å². The van der Waals surface area contributed by atoms with Crippen molar-refractivity contribution in [3.63, 3.8) is 0 Å². The van der Waals surface area contributed by atoms with E-state index in [4.69, 9.17) is 4.74 Å². The third-order valence-electron chi connectivity index (χ3n) is 4.07. The van der Waals surface area contributed by atoms with Crippen LogP contribution in [0.25, 0.3) is 6.08 Å². The smallest absolute Gasteiger partial charge is 0.272 e. The second kappa shape index (κ2) is 9.88. The van der Waals surface area contributed by atoms with E-state index >= 15 is 0 Å². The minimum atomic E-state index is -0.429. The fourth-order valence-corrected chi connectivity index (χ4v) is 2.97. The molecule has 0 spiro atoms. The molecular weight excluding hydrogens is 479 g/mol. The van der Waals surface area contributed by atoms with E-state index in [0.29, 0.717) is 22.6 Å². The van der Waals surface area contributed by atoms with Gasteiger partial charge in [0.25, 0.3) is 11.8 Å². The monoisotopic (exact) mass is 498 g/mol. The van der Waals surface area contributed by atoms with Crippen LogP contribution in [0.1, 0.15) is 15.9 Å². The first-order valence-electron chi connectivity index (χ1n) is 8.85. The van der Waals surface area contributed by atoms with Crippen LogP contribution in [0.2, 0.25) is 0 Å². The van der Waals surface area contributed by atoms with E-state index in [9.17, 15) is 9.59 Å². The van der Waals surface area contributed by atoms with Crippen molar-refractivity contribution in [3.05, 3.63) is 99.3 Å². The Morgan fingerprint density at radius 3 is 2.24 bits per heavy atom. The number of nitrogens with one attached hydrogen (secondary N) is 2. The summed E-state index contributed by atoms with van der Waals surface area (Å²) in [5, 5.41) is 5.54. The van der Waals surface area contributed by atoms with E-state index in [1.165, 1.54) is 0 Å². The lowest BCUT2D eigenvalue weighted by atomic mass is 10.1. The van der Waals surface area contributed by atoms with Crippen molar-refractivity contribution < 1.29 is 14.3 Å². The lowest BCUT2D eigenvalue weighted by Gasteiger charge is -2.12. The van der Waals surface area contributed by atoms with Gasteiger partial charge in [-0.15, -0.1) is 0 Å². The van der Waals surface area contributed by atoms with E-state index in [1.54, 1.807) is 55.7 Å². The molecule has 0 aliphatic rings. The molecule has 3 aromatic rings. The number of ether oxygens (including phenoxy) is 1. The van der Waals surface area contributed by atoms with E-state index < -0.39 is 5.91 Å². The first kappa shape index (κ1) is 20.6. The number of halogens is 1. The van der Waals surface area contributed by atoms with Crippen molar-refractivity contribution in [1.29, 1.82) is 0 Å². The number of para-hydroxylation sites is 1. The van der Waals surface area contributed by atoms with Crippen LogP contribution < -0.4 is 15.4 Å². The van der Waals surface area contributed by atoms with Crippen LogP contribution in [0.3, 0.4) is 0 Å². The Hall–Kier alpha value is -3.13. The number of amides is 2. The Balaban J connectivity index is 1.92. The normalized spacial score (nSPS) is 10.9. The molecule has 0 heterocycles. The first-order valence-corrected chi connectivity index (χ1v) is 9.93. The van der Waals surface area contributed by atoms with Crippen LogP contribution in [0.5, 0.6) is 5.75 Å². The van der Waals surface area contributed by atoms with E-state index in [1.807, 2.05) is 36.4 Å². The molecule has 0 aromatic heterocycles. The van der Waals surface area contributed by atoms with Crippen molar-refractivity contribution in [2.24, 2.45) is 0 Å². The van der Waals surface area contributed by atoms with Gasteiger partial charge < -0.3 is 15.4 Å². The summed E-state index contributed by atoms with van der Waals surface area (Å²) in [7, 11) is 1.56. The zero-order valence-corrected chi connectivity index (χ0v) is 17.8. The predicted octanol–water partition coefficient (Wildman–Crippen LogP) is 4.71. The van der Waals surface area contributed by atoms with Gasteiger partial charge >= 0.3 is 0 Å². The molecule has 3 aromatic carbocycles. The summed E-state index contributed by atoms with van der Waals surface area (Å²) < 4.78 is 6.42. The molecule has 0 saturated heterocycles. The number of methoxy groups -OCH3 is 1. The molecule has 0 atom stereocenters. The number of hydrogen-bond donors (Lipinski definition) is 2. The van der Waals surface area contributed by atoms with Gasteiger partial charge in [-0.25, -0.2) is 0 Å². The van der Waals surface area contributed by atoms with Crippen LogP contribution in [0.4, 0.5) is 5.69 Å². The topological polar surface area (TPSA) is 67.4 Å². The van der Waals surface area contributed by atoms with E-state index in [2.05, 4.69) is 33.2 Å². The van der Waals surface area contributed by atoms with Gasteiger partial charge in [-0.05, 0) is 71.1 Å². The van der Waals surface area contributed by atoms with Crippen molar-refractivity contribution in [3.8, 4) is 5.75 Å². The summed E-state index contributed by atoms with van der Waals surface area (Å²) in [4.78, 5) is 25.6. The van der Waals surface area contributed by atoms with Gasteiger partial charge in [0.15, 0.2) is 0 Å². The lowest BCUT2D eigenvalue weighted by molar-refractivity contribution is -0.113. The Bertz CT molecular complexity index is 1030. The highest BCUT2D eigenvalue weighted by molar-refractivity contribution is 14.1. The standard InChI is InChI=1S/C23H19IN2O3/c1-29-21-10-6-5-9-17(21)15-20(26-22(27)16-7-3-2-4-8-16)23(28)25-19-13-11-18(24)12-14-19/h2-15H,1H3,(H,25,28)(H,26,27)/b20-15+. The highest BCUT2D eigenvalue weighted by Gasteiger charge is 2.16. The third-order valence-corrected chi connectivity index (χ3v) is 4.79. The second-order valence-corrected chi connectivity index (χ2v) is 7.33. The quantitative estimate of drug-likeness (QED) is 0.382. The molecule has 0 unspecified atom stereocenters. The maximum Gasteiger partial charge on any atom is 0.272 e. The Kier molecular flexibility index (Phi) is 7.02. The minimum Gasteiger partial charge on any atom is -0.496 e. The summed E-state index contributed by atoms with van der Waals surface area (Å²) in [6, 6.07) is 23.4. The number of benzene rings is 3.